The molecular weight excluding hydrogens is 456 g/mol. The average Bonchev–Trinajstić information content (AvgIpc) is 2.78. The molecule has 4 aromatic rings. The molecule has 0 saturated carbocycles. The normalized spacial score (nSPS) is 10.5. The Morgan fingerprint density at radius 1 is 0.806 bits per heavy atom. The molecule has 0 aliphatic rings. The lowest BCUT2D eigenvalue weighted by Crippen LogP contribution is -2.29. The van der Waals surface area contributed by atoms with Gasteiger partial charge >= 0.3 is 0 Å². The summed E-state index contributed by atoms with van der Waals surface area (Å²) in [5.74, 6) is -0.327. The molecule has 1 aromatic heterocycles. The molecule has 3 aromatic carbocycles. The van der Waals surface area contributed by atoms with Crippen molar-refractivity contribution in [1.29, 1.82) is 0 Å². The molecule has 7 heteroatoms. The van der Waals surface area contributed by atoms with Crippen molar-refractivity contribution in [3.63, 3.8) is 0 Å². The zero-order chi connectivity index (χ0) is 21.6. The smallest absolute Gasteiger partial charge is 0.267 e. The molecular formula is C24H19BrN4O2. The van der Waals surface area contributed by atoms with Gasteiger partial charge in [0.15, 0.2) is 0 Å². The highest BCUT2D eigenvalue weighted by Gasteiger charge is 2.09. The van der Waals surface area contributed by atoms with Crippen molar-refractivity contribution in [2.45, 2.75) is 6.54 Å². The number of nitrogens with one attached hydrogen (secondary N) is 2. The van der Waals surface area contributed by atoms with E-state index in [4.69, 9.17) is 0 Å². The van der Waals surface area contributed by atoms with Crippen LogP contribution in [0.4, 0.5) is 17.1 Å². The fourth-order valence-electron chi connectivity index (χ4n) is 3.00. The van der Waals surface area contributed by atoms with Gasteiger partial charge in [0.25, 0.3) is 5.56 Å². The summed E-state index contributed by atoms with van der Waals surface area (Å²) in [6, 6.07) is 27.8. The maximum absolute atomic E-state index is 12.5. The molecule has 154 valence electrons. The molecule has 31 heavy (non-hydrogen) atoms. The number of halogens is 1. The van der Waals surface area contributed by atoms with Gasteiger partial charge in [0.05, 0.1) is 5.69 Å². The fourth-order valence-corrected chi connectivity index (χ4v) is 3.26. The monoisotopic (exact) mass is 474 g/mol. The number of para-hydroxylation sites is 1. The molecule has 1 heterocycles. The van der Waals surface area contributed by atoms with Crippen LogP contribution in [0, 0.1) is 0 Å². The fraction of sp³-hybridized carbons (Fsp3) is 0.0417. The van der Waals surface area contributed by atoms with Gasteiger partial charge in [-0.2, -0.15) is 5.10 Å². The molecule has 1 amide bonds. The van der Waals surface area contributed by atoms with Crippen LogP contribution in [0.3, 0.4) is 0 Å². The summed E-state index contributed by atoms with van der Waals surface area (Å²) >= 11 is 3.40. The summed E-state index contributed by atoms with van der Waals surface area (Å²) in [6.45, 7) is -0.173. The standard InChI is InChI=1S/C24H19BrN4O2/c25-18-8-6-17(7-9-18)22-14-15-24(31)29(28-22)16-23(30)27-21-12-10-20(11-13-21)26-19-4-2-1-3-5-19/h1-15,26H,16H2,(H,27,30). The summed E-state index contributed by atoms with van der Waals surface area (Å²) in [5.41, 5.74) is 3.67. The van der Waals surface area contributed by atoms with Gasteiger partial charge in [0, 0.05) is 33.2 Å². The Balaban J connectivity index is 1.42. The van der Waals surface area contributed by atoms with Gasteiger partial charge in [-0.25, -0.2) is 4.68 Å². The van der Waals surface area contributed by atoms with E-state index >= 15 is 0 Å². The summed E-state index contributed by atoms with van der Waals surface area (Å²) in [5, 5.41) is 10.4. The van der Waals surface area contributed by atoms with Gasteiger partial charge in [-0.15, -0.1) is 0 Å². The lowest BCUT2D eigenvalue weighted by molar-refractivity contribution is -0.117. The average molecular weight is 475 g/mol. The van der Waals surface area contributed by atoms with Crippen molar-refractivity contribution < 1.29 is 4.79 Å². The van der Waals surface area contributed by atoms with Crippen LogP contribution in [0.2, 0.25) is 0 Å². The molecule has 0 saturated heterocycles. The lowest BCUT2D eigenvalue weighted by Gasteiger charge is -2.10. The van der Waals surface area contributed by atoms with Gasteiger partial charge in [0.1, 0.15) is 6.54 Å². The zero-order valence-corrected chi connectivity index (χ0v) is 18.0. The largest absolute Gasteiger partial charge is 0.356 e. The Labute approximate surface area is 187 Å². The van der Waals surface area contributed by atoms with Crippen LogP contribution < -0.4 is 16.2 Å². The molecule has 0 spiro atoms. The number of rotatable bonds is 6. The van der Waals surface area contributed by atoms with Crippen LogP contribution in [0.1, 0.15) is 0 Å². The van der Waals surface area contributed by atoms with Crippen LogP contribution in [-0.4, -0.2) is 15.7 Å². The summed E-state index contributed by atoms with van der Waals surface area (Å²) in [6.07, 6.45) is 0. The Hall–Kier alpha value is -3.71. The molecule has 0 unspecified atom stereocenters. The van der Waals surface area contributed by atoms with E-state index in [1.54, 1.807) is 18.2 Å². The first-order chi connectivity index (χ1) is 15.1. The van der Waals surface area contributed by atoms with E-state index in [1.807, 2.05) is 66.7 Å². The first kappa shape index (κ1) is 20.6. The van der Waals surface area contributed by atoms with Gasteiger partial charge in [-0.3, -0.25) is 9.59 Å². The van der Waals surface area contributed by atoms with Gasteiger partial charge in [-0.1, -0.05) is 46.3 Å². The molecule has 6 nitrogen and oxygen atoms in total. The second-order valence-electron chi connectivity index (χ2n) is 6.84. The SMILES string of the molecule is O=C(Cn1nc(-c2ccc(Br)cc2)ccc1=O)Nc1ccc(Nc2ccccc2)cc1. The number of nitrogens with zero attached hydrogens (tertiary/aromatic N) is 2. The number of carbonyl (C=O) groups is 1. The van der Waals surface area contributed by atoms with E-state index in [9.17, 15) is 9.59 Å². The molecule has 2 N–H and O–H groups in total. The highest BCUT2D eigenvalue weighted by Crippen LogP contribution is 2.20. The zero-order valence-electron chi connectivity index (χ0n) is 16.5. The van der Waals surface area contributed by atoms with Crippen molar-refractivity contribution in [2.24, 2.45) is 0 Å². The maximum Gasteiger partial charge on any atom is 0.267 e. The second kappa shape index (κ2) is 9.40. The Bertz CT molecular complexity index is 1240. The molecule has 0 atom stereocenters. The van der Waals surface area contributed by atoms with E-state index in [2.05, 4.69) is 31.7 Å². The van der Waals surface area contributed by atoms with E-state index in [1.165, 1.54) is 6.07 Å². The third kappa shape index (κ3) is 5.46. The van der Waals surface area contributed by atoms with Crippen molar-refractivity contribution >= 4 is 38.9 Å². The van der Waals surface area contributed by atoms with Crippen molar-refractivity contribution in [3.8, 4) is 11.3 Å². The van der Waals surface area contributed by atoms with Crippen LogP contribution in [0.25, 0.3) is 11.3 Å². The molecule has 4 rings (SSSR count). The summed E-state index contributed by atoms with van der Waals surface area (Å²) < 4.78 is 2.12. The number of hydrogen-bond donors (Lipinski definition) is 2. The lowest BCUT2D eigenvalue weighted by atomic mass is 10.1. The first-order valence-electron chi connectivity index (χ1n) is 9.63. The van der Waals surface area contributed by atoms with E-state index in [0.29, 0.717) is 11.4 Å². The van der Waals surface area contributed by atoms with Gasteiger partial charge in [-0.05, 0) is 54.6 Å². The number of anilines is 3. The Morgan fingerprint density at radius 2 is 1.45 bits per heavy atom. The molecule has 0 aliphatic heterocycles. The van der Waals surface area contributed by atoms with Crippen LogP contribution in [0.15, 0.2) is 100 Å². The van der Waals surface area contributed by atoms with Crippen molar-refractivity contribution in [3.05, 3.63) is 106 Å². The molecule has 0 bridgehead atoms. The predicted octanol–water partition coefficient (Wildman–Crippen LogP) is 5.06. The minimum absolute atomic E-state index is 0.173. The number of amides is 1. The Kier molecular flexibility index (Phi) is 6.24. The van der Waals surface area contributed by atoms with E-state index in [0.717, 1.165) is 26.1 Å². The molecule has 0 radical (unpaired) electrons. The third-order valence-electron chi connectivity index (χ3n) is 4.53. The number of hydrogen-bond acceptors (Lipinski definition) is 4. The van der Waals surface area contributed by atoms with E-state index < -0.39 is 0 Å². The van der Waals surface area contributed by atoms with Crippen molar-refractivity contribution in [2.75, 3.05) is 10.6 Å². The quantitative estimate of drug-likeness (QED) is 0.409. The molecule has 0 fully saturated rings. The number of carbonyl (C=O) groups excluding carboxylic acids is 1. The summed E-state index contributed by atoms with van der Waals surface area (Å²) in [4.78, 5) is 24.6. The van der Waals surface area contributed by atoms with Crippen LogP contribution in [-0.2, 0) is 11.3 Å². The highest BCUT2D eigenvalue weighted by molar-refractivity contribution is 9.10. The minimum Gasteiger partial charge on any atom is -0.356 e. The number of aromatic nitrogens is 2. The first-order valence-corrected chi connectivity index (χ1v) is 10.4. The van der Waals surface area contributed by atoms with Gasteiger partial charge in [0.2, 0.25) is 5.91 Å². The highest BCUT2D eigenvalue weighted by atomic mass is 79.9. The second-order valence-corrected chi connectivity index (χ2v) is 7.75. The van der Waals surface area contributed by atoms with Crippen LogP contribution in [0.5, 0.6) is 0 Å². The Morgan fingerprint density at radius 3 is 2.16 bits per heavy atom. The third-order valence-corrected chi connectivity index (χ3v) is 5.06. The van der Waals surface area contributed by atoms with Crippen LogP contribution >= 0.6 is 15.9 Å². The number of benzene rings is 3. The minimum atomic E-state index is -0.335. The maximum atomic E-state index is 12.5. The van der Waals surface area contributed by atoms with E-state index in [-0.39, 0.29) is 18.0 Å². The summed E-state index contributed by atoms with van der Waals surface area (Å²) in [7, 11) is 0. The topological polar surface area (TPSA) is 76.0 Å². The molecule has 0 aliphatic carbocycles. The van der Waals surface area contributed by atoms with Crippen molar-refractivity contribution in [1.82, 2.24) is 9.78 Å². The van der Waals surface area contributed by atoms with Gasteiger partial charge < -0.3 is 10.6 Å². The predicted molar refractivity (Wildman–Crippen MR) is 126 cm³/mol.